The van der Waals surface area contributed by atoms with Crippen LogP contribution in [0.4, 0.5) is 10.1 Å². The SMILES string of the molecule is C=C(C)c1cc(-c2ccc(N3CCN(CC)CC3)cc2)cc(F)c1CC. The van der Waals surface area contributed by atoms with Crippen molar-refractivity contribution in [1.29, 1.82) is 0 Å². The van der Waals surface area contributed by atoms with Crippen LogP contribution in [0.15, 0.2) is 43.0 Å². The average Bonchev–Trinajstić information content (AvgIpc) is 2.67. The molecule has 0 aliphatic carbocycles. The number of piperazine rings is 1. The van der Waals surface area contributed by atoms with Crippen molar-refractivity contribution in [3.63, 3.8) is 0 Å². The highest BCUT2D eigenvalue weighted by molar-refractivity contribution is 5.74. The molecule has 0 radical (unpaired) electrons. The van der Waals surface area contributed by atoms with Crippen molar-refractivity contribution in [1.82, 2.24) is 4.90 Å². The molecule has 2 aromatic rings. The van der Waals surface area contributed by atoms with E-state index in [4.69, 9.17) is 0 Å². The maximum atomic E-state index is 14.5. The van der Waals surface area contributed by atoms with Gasteiger partial charge in [0.05, 0.1) is 0 Å². The molecule has 3 heteroatoms. The lowest BCUT2D eigenvalue weighted by atomic mass is 9.94. The Morgan fingerprint density at radius 2 is 1.65 bits per heavy atom. The smallest absolute Gasteiger partial charge is 0.127 e. The molecule has 0 amide bonds. The van der Waals surface area contributed by atoms with Crippen LogP contribution in [-0.2, 0) is 6.42 Å². The maximum absolute atomic E-state index is 14.5. The molecule has 1 heterocycles. The van der Waals surface area contributed by atoms with Crippen LogP contribution in [0.5, 0.6) is 0 Å². The number of halogens is 1. The molecule has 2 nitrogen and oxygen atoms in total. The molecule has 1 aliphatic heterocycles. The lowest BCUT2D eigenvalue weighted by Gasteiger charge is -2.35. The minimum atomic E-state index is -0.136. The summed E-state index contributed by atoms with van der Waals surface area (Å²) in [7, 11) is 0. The van der Waals surface area contributed by atoms with Crippen molar-refractivity contribution < 1.29 is 4.39 Å². The van der Waals surface area contributed by atoms with Gasteiger partial charge in [-0.25, -0.2) is 4.39 Å². The third-order valence-electron chi connectivity index (χ3n) is 5.39. The summed E-state index contributed by atoms with van der Waals surface area (Å²) in [5.41, 5.74) is 5.81. The van der Waals surface area contributed by atoms with Gasteiger partial charge in [-0.2, -0.15) is 0 Å². The fourth-order valence-electron chi connectivity index (χ4n) is 3.73. The van der Waals surface area contributed by atoms with E-state index in [1.54, 1.807) is 6.07 Å². The maximum Gasteiger partial charge on any atom is 0.127 e. The first kappa shape index (κ1) is 18.7. The van der Waals surface area contributed by atoms with E-state index in [-0.39, 0.29) is 5.82 Å². The zero-order valence-electron chi connectivity index (χ0n) is 16.2. The van der Waals surface area contributed by atoms with Gasteiger partial charge in [0, 0.05) is 31.9 Å². The predicted molar refractivity (Wildman–Crippen MR) is 110 cm³/mol. The van der Waals surface area contributed by atoms with E-state index in [1.807, 2.05) is 13.8 Å². The molecule has 1 saturated heterocycles. The van der Waals surface area contributed by atoms with E-state index in [2.05, 4.69) is 53.6 Å². The average molecular weight is 352 g/mol. The van der Waals surface area contributed by atoms with Gasteiger partial charge in [0.15, 0.2) is 0 Å². The Morgan fingerprint density at radius 3 is 2.19 bits per heavy atom. The zero-order chi connectivity index (χ0) is 18.7. The summed E-state index contributed by atoms with van der Waals surface area (Å²) in [4.78, 5) is 4.90. The van der Waals surface area contributed by atoms with Crippen molar-refractivity contribution in [3.05, 3.63) is 59.9 Å². The first-order chi connectivity index (χ1) is 12.5. The topological polar surface area (TPSA) is 6.48 Å². The van der Waals surface area contributed by atoms with Crippen molar-refractivity contribution >= 4 is 11.3 Å². The molecule has 138 valence electrons. The number of hydrogen-bond acceptors (Lipinski definition) is 2. The van der Waals surface area contributed by atoms with Crippen LogP contribution in [0.1, 0.15) is 31.9 Å². The van der Waals surface area contributed by atoms with Crippen molar-refractivity contribution in [3.8, 4) is 11.1 Å². The molecule has 1 aliphatic rings. The number of nitrogens with zero attached hydrogens (tertiary/aromatic N) is 2. The largest absolute Gasteiger partial charge is 0.369 e. The molecular weight excluding hydrogens is 323 g/mol. The molecule has 2 aromatic carbocycles. The highest BCUT2D eigenvalue weighted by atomic mass is 19.1. The van der Waals surface area contributed by atoms with Crippen LogP contribution >= 0.6 is 0 Å². The van der Waals surface area contributed by atoms with Gasteiger partial charge < -0.3 is 9.80 Å². The summed E-state index contributed by atoms with van der Waals surface area (Å²) >= 11 is 0. The standard InChI is InChI=1S/C23H29FN2/c1-5-21-22(17(3)4)15-19(16-23(21)24)18-7-9-20(10-8-18)26-13-11-25(6-2)12-14-26/h7-10,15-16H,3,5-6,11-14H2,1-2,4H3. The summed E-state index contributed by atoms with van der Waals surface area (Å²) in [6.07, 6.45) is 0.678. The van der Waals surface area contributed by atoms with Crippen LogP contribution in [0.25, 0.3) is 16.7 Å². The lowest BCUT2D eigenvalue weighted by Crippen LogP contribution is -2.46. The van der Waals surface area contributed by atoms with Gasteiger partial charge in [0.1, 0.15) is 5.82 Å². The van der Waals surface area contributed by atoms with E-state index in [0.29, 0.717) is 6.42 Å². The van der Waals surface area contributed by atoms with Crippen molar-refractivity contribution in [2.75, 3.05) is 37.6 Å². The summed E-state index contributed by atoms with van der Waals surface area (Å²) in [5.74, 6) is -0.136. The highest BCUT2D eigenvalue weighted by Gasteiger charge is 2.16. The summed E-state index contributed by atoms with van der Waals surface area (Å²) < 4.78 is 14.5. The van der Waals surface area contributed by atoms with E-state index in [9.17, 15) is 4.39 Å². The molecular formula is C23H29FN2. The Morgan fingerprint density at radius 1 is 1.00 bits per heavy atom. The van der Waals surface area contributed by atoms with Crippen LogP contribution in [-0.4, -0.2) is 37.6 Å². The Kier molecular flexibility index (Phi) is 5.77. The number of benzene rings is 2. The molecule has 0 atom stereocenters. The van der Waals surface area contributed by atoms with E-state index < -0.39 is 0 Å². The first-order valence-corrected chi connectivity index (χ1v) is 9.59. The molecule has 0 N–H and O–H groups in total. The van der Waals surface area contributed by atoms with Gasteiger partial charge in [-0.05, 0) is 66.4 Å². The zero-order valence-corrected chi connectivity index (χ0v) is 16.2. The number of anilines is 1. The van der Waals surface area contributed by atoms with Crippen LogP contribution in [0.3, 0.4) is 0 Å². The minimum Gasteiger partial charge on any atom is -0.369 e. The van der Waals surface area contributed by atoms with Gasteiger partial charge in [-0.15, -0.1) is 0 Å². The summed E-state index contributed by atoms with van der Waals surface area (Å²) in [6, 6.07) is 12.2. The van der Waals surface area contributed by atoms with Gasteiger partial charge in [0.25, 0.3) is 0 Å². The quantitative estimate of drug-likeness (QED) is 0.727. The van der Waals surface area contributed by atoms with Crippen molar-refractivity contribution in [2.45, 2.75) is 27.2 Å². The lowest BCUT2D eigenvalue weighted by molar-refractivity contribution is 0.271. The monoisotopic (exact) mass is 352 g/mol. The third kappa shape index (κ3) is 3.83. The second-order valence-corrected chi connectivity index (χ2v) is 7.09. The molecule has 0 saturated carbocycles. The molecule has 26 heavy (non-hydrogen) atoms. The van der Waals surface area contributed by atoms with Gasteiger partial charge in [0.2, 0.25) is 0 Å². The van der Waals surface area contributed by atoms with E-state index in [0.717, 1.165) is 60.6 Å². The summed E-state index contributed by atoms with van der Waals surface area (Å²) in [5, 5.41) is 0. The first-order valence-electron chi connectivity index (χ1n) is 9.59. The summed E-state index contributed by atoms with van der Waals surface area (Å²) in [6.45, 7) is 15.6. The fraction of sp³-hybridized carbons (Fsp3) is 0.391. The van der Waals surface area contributed by atoms with Crippen LogP contribution in [0, 0.1) is 5.82 Å². The number of hydrogen-bond donors (Lipinski definition) is 0. The van der Waals surface area contributed by atoms with Gasteiger partial charge in [-0.3, -0.25) is 0 Å². The second kappa shape index (κ2) is 8.05. The molecule has 0 aromatic heterocycles. The number of rotatable bonds is 5. The van der Waals surface area contributed by atoms with Crippen LogP contribution in [0.2, 0.25) is 0 Å². The Hall–Kier alpha value is -2.13. The van der Waals surface area contributed by atoms with Crippen molar-refractivity contribution in [2.24, 2.45) is 0 Å². The fourth-order valence-corrected chi connectivity index (χ4v) is 3.73. The van der Waals surface area contributed by atoms with E-state index in [1.165, 1.54) is 5.69 Å². The Labute approximate surface area is 156 Å². The number of likely N-dealkylation sites (N-methyl/N-ethyl adjacent to an activating group) is 1. The molecule has 3 rings (SSSR count). The molecule has 0 bridgehead atoms. The van der Waals surface area contributed by atoms with E-state index >= 15 is 0 Å². The normalized spacial score (nSPS) is 15.3. The molecule has 0 spiro atoms. The van der Waals surface area contributed by atoms with Gasteiger partial charge >= 0.3 is 0 Å². The molecule has 1 fully saturated rings. The third-order valence-corrected chi connectivity index (χ3v) is 5.39. The molecule has 0 unspecified atom stereocenters. The number of allylic oxidation sites excluding steroid dienone is 1. The van der Waals surface area contributed by atoms with Crippen LogP contribution < -0.4 is 4.90 Å². The predicted octanol–water partition coefficient (Wildman–Crippen LogP) is 5.23. The Balaban J connectivity index is 1.84. The second-order valence-electron chi connectivity index (χ2n) is 7.09. The Bertz CT molecular complexity index is 772. The highest BCUT2D eigenvalue weighted by Crippen LogP contribution is 2.30. The minimum absolute atomic E-state index is 0.136. The van der Waals surface area contributed by atoms with Gasteiger partial charge in [-0.1, -0.05) is 38.1 Å².